The smallest absolute Gasteiger partial charge is 0.270 e. The molecule has 3 rings (SSSR count). The minimum atomic E-state index is -0.0989. The fourth-order valence-electron chi connectivity index (χ4n) is 2.13. The number of nitrogens with zero attached hydrogens (tertiary/aromatic N) is 1. The van der Waals surface area contributed by atoms with Gasteiger partial charge in [-0.15, -0.1) is 0 Å². The molecule has 1 amide bonds. The predicted molar refractivity (Wildman–Crippen MR) is 103 cm³/mol. The van der Waals surface area contributed by atoms with Gasteiger partial charge in [-0.2, -0.15) is 0 Å². The molecule has 0 bridgehead atoms. The number of rotatable bonds is 3. The largest absolute Gasteiger partial charge is 0.497 e. The first-order chi connectivity index (χ1) is 11.1. The van der Waals surface area contributed by atoms with Gasteiger partial charge in [0.1, 0.15) is 5.75 Å². The van der Waals surface area contributed by atoms with E-state index in [2.05, 4.69) is 15.9 Å². The van der Waals surface area contributed by atoms with Crippen LogP contribution in [0.3, 0.4) is 0 Å². The number of hydrogen-bond donors (Lipinski definition) is 0. The summed E-state index contributed by atoms with van der Waals surface area (Å²) < 4.78 is 6.63. The third-order valence-corrected chi connectivity index (χ3v) is 5.12. The zero-order valence-corrected chi connectivity index (χ0v) is 15.4. The highest BCUT2D eigenvalue weighted by molar-refractivity contribution is 9.10. The van der Waals surface area contributed by atoms with Crippen molar-refractivity contribution in [3.63, 3.8) is 0 Å². The van der Waals surface area contributed by atoms with Crippen LogP contribution in [0.25, 0.3) is 6.08 Å². The summed E-state index contributed by atoms with van der Waals surface area (Å²) in [6.07, 6.45) is 1.84. The van der Waals surface area contributed by atoms with Crippen LogP contribution in [0.2, 0.25) is 0 Å². The van der Waals surface area contributed by atoms with Crippen LogP contribution < -0.4 is 9.64 Å². The van der Waals surface area contributed by atoms with Crippen molar-refractivity contribution in [1.82, 2.24) is 0 Å². The maximum atomic E-state index is 12.6. The topological polar surface area (TPSA) is 29.5 Å². The van der Waals surface area contributed by atoms with E-state index >= 15 is 0 Å². The van der Waals surface area contributed by atoms with Gasteiger partial charge in [0, 0.05) is 4.47 Å². The number of amides is 1. The number of methoxy groups -OCH3 is 1. The number of thiocarbonyl (C=S) groups is 1. The molecule has 23 heavy (non-hydrogen) atoms. The average Bonchev–Trinajstić information content (AvgIpc) is 2.83. The third-order valence-electron chi connectivity index (χ3n) is 3.29. The summed E-state index contributed by atoms with van der Waals surface area (Å²) in [6, 6.07) is 15.1. The lowest BCUT2D eigenvalue weighted by Crippen LogP contribution is -2.27. The number of ether oxygens (including phenoxy) is 1. The van der Waals surface area contributed by atoms with E-state index in [1.54, 1.807) is 12.0 Å². The highest BCUT2D eigenvalue weighted by Crippen LogP contribution is 2.36. The molecule has 0 atom stereocenters. The summed E-state index contributed by atoms with van der Waals surface area (Å²) in [5.74, 6) is 0.683. The molecule has 1 heterocycles. The molecule has 0 radical (unpaired) electrons. The van der Waals surface area contributed by atoms with E-state index in [1.807, 2.05) is 54.6 Å². The van der Waals surface area contributed by atoms with Gasteiger partial charge in [-0.3, -0.25) is 9.69 Å². The lowest BCUT2D eigenvalue weighted by Gasteiger charge is -2.14. The monoisotopic (exact) mass is 405 g/mol. The lowest BCUT2D eigenvalue weighted by molar-refractivity contribution is -0.113. The average molecular weight is 406 g/mol. The maximum absolute atomic E-state index is 12.6. The van der Waals surface area contributed by atoms with Crippen LogP contribution in [0.1, 0.15) is 5.56 Å². The van der Waals surface area contributed by atoms with E-state index in [4.69, 9.17) is 17.0 Å². The number of anilines is 1. The van der Waals surface area contributed by atoms with Gasteiger partial charge < -0.3 is 4.74 Å². The summed E-state index contributed by atoms with van der Waals surface area (Å²) >= 11 is 10.1. The van der Waals surface area contributed by atoms with Crippen LogP contribution in [-0.4, -0.2) is 17.3 Å². The van der Waals surface area contributed by atoms with Crippen molar-refractivity contribution in [3.05, 3.63) is 63.5 Å². The molecular formula is C17H12BrNO2S2. The van der Waals surface area contributed by atoms with Crippen molar-refractivity contribution in [3.8, 4) is 5.75 Å². The minimum Gasteiger partial charge on any atom is -0.497 e. The van der Waals surface area contributed by atoms with Crippen LogP contribution in [0.4, 0.5) is 5.69 Å². The third kappa shape index (κ3) is 3.49. The zero-order chi connectivity index (χ0) is 16.4. The van der Waals surface area contributed by atoms with Crippen molar-refractivity contribution in [1.29, 1.82) is 0 Å². The number of benzene rings is 2. The molecule has 0 N–H and O–H groups in total. The molecule has 6 heteroatoms. The van der Waals surface area contributed by atoms with Gasteiger partial charge in [-0.1, -0.05) is 52.0 Å². The number of hydrogen-bond acceptors (Lipinski definition) is 4. The van der Waals surface area contributed by atoms with Gasteiger partial charge in [0.2, 0.25) is 0 Å². The molecule has 0 saturated carbocycles. The van der Waals surface area contributed by atoms with Crippen molar-refractivity contribution in [2.24, 2.45) is 0 Å². The Labute approximate surface area is 152 Å². The quantitative estimate of drug-likeness (QED) is 0.538. The normalized spacial score (nSPS) is 16.3. The number of halogens is 1. The Bertz CT molecular complexity index is 785. The number of carbonyl (C=O) groups is 1. The number of thioether (sulfide) groups is 1. The lowest BCUT2D eigenvalue weighted by atomic mass is 10.2. The van der Waals surface area contributed by atoms with Crippen LogP contribution in [0.5, 0.6) is 5.75 Å². The first-order valence-electron chi connectivity index (χ1n) is 6.76. The molecule has 0 spiro atoms. The molecule has 1 saturated heterocycles. The summed E-state index contributed by atoms with van der Waals surface area (Å²) in [6.45, 7) is 0. The van der Waals surface area contributed by atoms with Crippen molar-refractivity contribution in [2.45, 2.75) is 0 Å². The number of carbonyl (C=O) groups excluding carboxylic acids is 1. The Kier molecular flexibility index (Phi) is 4.84. The fourth-order valence-corrected chi connectivity index (χ4v) is 3.70. The van der Waals surface area contributed by atoms with Gasteiger partial charge in [-0.05, 0) is 48.0 Å². The van der Waals surface area contributed by atoms with Crippen molar-refractivity contribution >= 4 is 61.9 Å². The second-order valence-electron chi connectivity index (χ2n) is 4.77. The predicted octanol–water partition coefficient (Wildman–Crippen LogP) is 4.86. The Balaban J connectivity index is 1.88. The van der Waals surface area contributed by atoms with Gasteiger partial charge in [0.25, 0.3) is 5.91 Å². The summed E-state index contributed by atoms with van der Waals surface area (Å²) in [5.41, 5.74) is 1.70. The molecule has 0 unspecified atom stereocenters. The van der Waals surface area contributed by atoms with E-state index in [9.17, 15) is 4.79 Å². The molecule has 116 valence electrons. The second-order valence-corrected chi connectivity index (χ2v) is 7.36. The minimum absolute atomic E-state index is 0.0989. The summed E-state index contributed by atoms with van der Waals surface area (Å²) in [5, 5.41) is 0. The van der Waals surface area contributed by atoms with Crippen LogP contribution in [-0.2, 0) is 4.79 Å². The second kappa shape index (κ2) is 6.86. The van der Waals surface area contributed by atoms with E-state index in [-0.39, 0.29) is 5.91 Å². The van der Waals surface area contributed by atoms with Gasteiger partial charge in [0.15, 0.2) is 4.32 Å². The molecule has 1 aliphatic rings. The van der Waals surface area contributed by atoms with Crippen LogP contribution in [0, 0.1) is 0 Å². The fraction of sp³-hybridized carbons (Fsp3) is 0.0588. The van der Waals surface area contributed by atoms with Crippen molar-refractivity contribution in [2.75, 3.05) is 12.0 Å². The molecule has 2 aromatic rings. The molecule has 1 aliphatic heterocycles. The Morgan fingerprint density at radius 2 is 1.78 bits per heavy atom. The van der Waals surface area contributed by atoms with E-state index in [0.717, 1.165) is 21.5 Å². The Hall–Kier alpha value is -1.63. The van der Waals surface area contributed by atoms with E-state index in [1.165, 1.54) is 11.8 Å². The van der Waals surface area contributed by atoms with Gasteiger partial charge >= 0.3 is 0 Å². The first kappa shape index (κ1) is 16.2. The molecule has 0 aliphatic carbocycles. The van der Waals surface area contributed by atoms with Gasteiger partial charge in [-0.25, -0.2) is 0 Å². The highest BCUT2D eigenvalue weighted by Gasteiger charge is 2.33. The summed E-state index contributed by atoms with van der Waals surface area (Å²) in [7, 11) is 1.62. The van der Waals surface area contributed by atoms with Crippen LogP contribution >= 0.6 is 39.9 Å². The zero-order valence-electron chi connectivity index (χ0n) is 12.2. The molecular weight excluding hydrogens is 394 g/mol. The first-order valence-corrected chi connectivity index (χ1v) is 8.78. The Morgan fingerprint density at radius 1 is 1.13 bits per heavy atom. The van der Waals surface area contributed by atoms with E-state index in [0.29, 0.717) is 9.23 Å². The highest BCUT2D eigenvalue weighted by atomic mass is 79.9. The van der Waals surface area contributed by atoms with Crippen LogP contribution in [0.15, 0.2) is 57.9 Å². The molecule has 0 aromatic heterocycles. The molecule has 1 fully saturated rings. The SMILES string of the molecule is COc1ccc(/C=C2/SC(=S)N(c3ccc(Br)cc3)C2=O)cc1. The van der Waals surface area contributed by atoms with Gasteiger partial charge in [0.05, 0.1) is 17.7 Å². The molecule has 2 aromatic carbocycles. The standard InChI is InChI=1S/C17H12BrNO2S2/c1-21-14-8-2-11(3-9-14)10-15-16(20)19(17(22)23-15)13-6-4-12(18)5-7-13/h2-10H,1H3/b15-10+. The van der Waals surface area contributed by atoms with E-state index < -0.39 is 0 Å². The van der Waals surface area contributed by atoms with Crippen molar-refractivity contribution < 1.29 is 9.53 Å². The maximum Gasteiger partial charge on any atom is 0.270 e. The summed E-state index contributed by atoms with van der Waals surface area (Å²) in [4.78, 5) is 14.8. The Morgan fingerprint density at radius 3 is 2.39 bits per heavy atom. The molecule has 3 nitrogen and oxygen atoms in total.